The Balaban J connectivity index is 0. The fourth-order valence-corrected chi connectivity index (χ4v) is 0. The van der Waals surface area contributed by atoms with E-state index >= 15 is 0 Å². The van der Waals surface area contributed by atoms with Gasteiger partial charge in [0.25, 0.3) is 0 Å². The molecule has 0 heterocycles. The summed E-state index contributed by atoms with van der Waals surface area (Å²) < 4.78 is 34.1. The number of hydrogen-bond acceptors (Lipinski definition) is 4. The van der Waals surface area contributed by atoms with Crippen LogP contribution < -0.4 is 0 Å². The Morgan fingerprint density at radius 3 is 1.17 bits per heavy atom. The molecule has 6 heavy (non-hydrogen) atoms. The maximum atomic E-state index is 8.52. The molecule has 0 atom stereocenters. The highest BCUT2D eigenvalue weighted by molar-refractivity contribution is 14.0. The van der Waals surface area contributed by atoms with Gasteiger partial charge in [0.2, 0.25) is 0 Å². The van der Waals surface area contributed by atoms with E-state index in [1.165, 1.54) is 0 Å². The van der Waals surface area contributed by atoms with Gasteiger partial charge in [0.15, 0.2) is 0 Å². The SMILES string of the molecule is I.O=S(=O)([O-])[O-]. The van der Waals surface area contributed by atoms with E-state index < -0.39 is 10.4 Å². The first-order valence-corrected chi connectivity index (χ1v) is 2.00. The lowest BCUT2D eigenvalue weighted by molar-refractivity contribution is 0.352. The second kappa shape index (κ2) is 2.72. The molecule has 0 aliphatic carbocycles. The van der Waals surface area contributed by atoms with Gasteiger partial charge in [0.05, 0.1) is 0 Å². The molecule has 0 saturated carbocycles. The average molecular weight is 224 g/mol. The summed E-state index contributed by atoms with van der Waals surface area (Å²) in [5, 5.41) is 0. The highest BCUT2D eigenvalue weighted by Gasteiger charge is 1.49. The zero-order valence-electron chi connectivity index (χ0n) is 2.45. The average Bonchev–Trinajstić information content (AvgIpc) is 0.722. The molecule has 4 nitrogen and oxygen atoms in total. The molecule has 0 rings (SSSR count). The monoisotopic (exact) mass is 224 g/mol. The molecule has 0 aromatic rings. The predicted molar refractivity (Wildman–Crippen MR) is 25.9 cm³/mol. The minimum absolute atomic E-state index is 0. The van der Waals surface area contributed by atoms with Crippen molar-refractivity contribution in [3.05, 3.63) is 0 Å². The Bertz CT molecular complexity index is 90.7. The minimum atomic E-state index is -5.17. The second-order valence-corrected chi connectivity index (χ2v) is 1.22. The zero-order chi connectivity index (χ0) is 4.50. The van der Waals surface area contributed by atoms with Crippen molar-refractivity contribution in [1.29, 1.82) is 0 Å². The topological polar surface area (TPSA) is 80.3 Å². The molecule has 6 heteroatoms. The van der Waals surface area contributed by atoms with Crippen molar-refractivity contribution in [2.75, 3.05) is 0 Å². The molecular weight excluding hydrogens is 223 g/mol. The van der Waals surface area contributed by atoms with Gasteiger partial charge in [-0.2, -0.15) is 0 Å². The van der Waals surface area contributed by atoms with Gasteiger partial charge >= 0.3 is 0 Å². The van der Waals surface area contributed by atoms with Crippen LogP contribution in [0.4, 0.5) is 0 Å². The third kappa shape index (κ3) is 166. The zero-order valence-corrected chi connectivity index (χ0v) is 5.60. The van der Waals surface area contributed by atoms with Crippen molar-refractivity contribution in [3.8, 4) is 0 Å². The van der Waals surface area contributed by atoms with Crippen molar-refractivity contribution >= 4 is 34.4 Å². The van der Waals surface area contributed by atoms with Gasteiger partial charge in [-0.15, -0.1) is 24.0 Å². The molecule has 0 bridgehead atoms. The molecule has 0 aliphatic rings. The van der Waals surface area contributed by atoms with E-state index in [1.54, 1.807) is 0 Å². The molecule has 0 amide bonds. The van der Waals surface area contributed by atoms with E-state index in [-0.39, 0.29) is 24.0 Å². The van der Waals surface area contributed by atoms with E-state index in [4.69, 9.17) is 17.5 Å². The molecule has 0 spiro atoms. The highest BCUT2D eigenvalue weighted by Crippen LogP contribution is 1.57. The summed E-state index contributed by atoms with van der Waals surface area (Å²) in [5.74, 6) is 0. The van der Waals surface area contributed by atoms with Crippen molar-refractivity contribution in [2.24, 2.45) is 0 Å². The van der Waals surface area contributed by atoms with Crippen LogP contribution in [0.5, 0.6) is 0 Å². The van der Waals surface area contributed by atoms with Gasteiger partial charge in [-0.3, -0.25) is 8.42 Å². The van der Waals surface area contributed by atoms with Gasteiger partial charge in [-0.25, -0.2) is 0 Å². The van der Waals surface area contributed by atoms with Crippen LogP contribution in [0, 0.1) is 0 Å². The molecule has 0 fully saturated rings. The highest BCUT2D eigenvalue weighted by atomic mass is 127. The van der Waals surface area contributed by atoms with E-state index in [2.05, 4.69) is 0 Å². The third-order valence-electron chi connectivity index (χ3n) is 0. The second-order valence-electron chi connectivity index (χ2n) is 0.408. The third-order valence-corrected chi connectivity index (χ3v) is 0. The number of rotatable bonds is 0. The Morgan fingerprint density at radius 1 is 1.17 bits per heavy atom. The van der Waals surface area contributed by atoms with E-state index in [0.29, 0.717) is 0 Å². The molecule has 40 valence electrons. The number of hydrogen-bond donors (Lipinski definition) is 0. The van der Waals surface area contributed by atoms with E-state index in [0.717, 1.165) is 0 Å². The Hall–Kier alpha value is 0.600. The van der Waals surface area contributed by atoms with Crippen LogP contribution in [-0.2, 0) is 10.4 Å². The van der Waals surface area contributed by atoms with E-state index in [1.807, 2.05) is 0 Å². The van der Waals surface area contributed by atoms with Crippen molar-refractivity contribution in [1.82, 2.24) is 0 Å². The molecule has 0 radical (unpaired) electrons. The molecule has 0 saturated heterocycles. The summed E-state index contributed by atoms with van der Waals surface area (Å²) in [6.45, 7) is 0. The van der Waals surface area contributed by atoms with Crippen LogP contribution in [-0.4, -0.2) is 17.5 Å². The van der Waals surface area contributed by atoms with Gasteiger partial charge in [-0.05, 0) is 0 Å². The lowest BCUT2D eigenvalue weighted by atomic mass is 15.8. The predicted octanol–water partition coefficient (Wildman–Crippen LogP) is -0.720. The van der Waals surface area contributed by atoms with Gasteiger partial charge in [0, 0.05) is 10.4 Å². The first-order chi connectivity index (χ1) is 2.00. The maximum absolute atomic E-state index is 8.52. The first-order valence-electron chi connectivity index (χ1n) is 0.667. The molecule has 0 unspecified atom stereocenters. The van der Waals surface area contributed by atoms with Crippen LogP contribution in [0.3, 0.4) is 0 Å². The van der Waals surface area contributed by atoms with Crippen LogP contribution in [0.15, 0.2) is 0 Å². The largest absolute Gasteiger partial charge is 0.759 e. The van der Waals surface area contributed by atoms with Crippen molar-refractivity contribution in [2.45, 2.75) is 0 Å². The normalized spacial score (nSPS) is 9.67. The smallest absolute Gasteiger partial charge is 0.0311 e. The summed E-state index contributed by atoms with van der Waals surface area (Å²) in [7, 11) is -5.17. The fourth-order valence-electron chi connectivity index (χ4n) is 0. The first kappa shape index (κ1) is 9.78. The summed E-state index contributed by atoms with van der Waals surface area (Å²) in [6, 6.07) is 0. The molecule has 0 aromatic carbocycles. The maximum Gasteiger partial charge on any atom is 0.0311 e. The van der Waals surface area contributed by atoms with Crippen LogP contribution in [0.2, 0.25) is 0 Å². The quantitative estimate of drug-likeness (QED) is 0.309. The summed E-state index contributed by atoms with van der Waals surface area (Å²) >= 11 is 0. The van der Waals surface area contributed by atoms with Crippen molar-refractivity contribution in [3.63, 3.8) is 0 Å². The van der Waals surface area contributed by atoms with Crippen LogP contribution >= 0.6 is 24.0 Å². The lowest BCUT2D eigenvalue weighted by Crippen LogP contribution is -1.91. The van der Waals surface area contributed by atoms with Crippen LogP contribution in [0.25, 0.3) is 0 Å². The van der Waals surface area contributed by atoms with Gasteiger partial charge in [0.1, 0.15) is 0 Å². The summed E-state index contributed by atoms with van der Waals surface area (Å²) in [5.41, 5.74) is 0. The van der Waals surface area contributed by atoms with Crippen molar-refractivity contribution < 1.29 is 17.5 Å². The van der Waals surface area contributed by atoms with Gasteiger partial charge < -0.3 is 9.11 Å². The minimum Gasteiger partial charge on any atom is -0.759 e. The molecule has 0 aromatic heterocycles. The molecular formula is HIO4S-2. The molecule has 0 N–H and O–H groups in total. The summed E-state index contributed by atoms with van der Waals surface area (Å²) in [4.78, 5) is 0. The lowest BCUT2D eigenvalue weighted by Gasteiger charge is -2.06. The Kier molecular flexibility index (Phi) is 4.43. The number of halogens is 1. The Morgan fingerprint density at radius 2 is 1.17 bits per heavy atom. The van der Waals surface area contributed by atoms with Gasteiger partial charge in [-0.1, -0.05) is 0 Å². The fraction of sp³-hybridized carbons (Fsp3) is 0. The molecule has 0 aliphatic heterocycles. The van der Waals surface area contributed by atoms with E-state index in [9.17, 15) is 0 Å². The summed E-state index contributed by atoms with van der Waals surface area (Å²) in [6.07, 6.45) is 0. The standard InChI is InChI=1S/HI.H2O4S/c;1-5(2,3)4/h1H;(H2,1,2,3,4)/p-2. The Labute approximate surface area is 52.1 Å². The van der Waals surface area contributed by atoms with Crippen LogP contribution in [0.1, 0.15) is 0 Å².